The topological polar surface area (TPSA) is 55.6 Å². The van der Waals surface area contributed by atoms with Gasteiger partial charge in [0, 0.05) is 17.5 Å². The summed E-state index contributed by atoms with van der Waals surface area (Å²) in [6.07, 6.45) is 5.35. The highest BCUT2D eigenvalue weighted by Gasteiger charge is 2.26. The van der Waals surface area contributed by atoms with Crippen molar-refractivity contribution in [2.24, 2.45) is 5.73 Å². The number of rotatable bonds is 8. The Morgan fingerprint density at radius 3 is 2.89 bits per heavy atom. The number of carbonyl (C=O) groups excluding carboxylic acids is 1. The van der Waals surface area contributed by atoms with Crippen molar-refractivity contribution in [3.63, 3.8) is 0 Å². The summed E-state index contributed by atoms with van der Waals surface area (Å²) in [5.74, 6) is 0.322. The van der Waals surface area contributed by atoms with Gasteiger partial charge < -0.3 is 10.5 Å². The molecular formula is C22H30N2O2S. The number of benzene rings is 1. The van der Waals surface area contributed by atoms with Crippen molar-refractivity contribution >= 4 is 17.3 Å². The third-order valence-corrected chi connectivity index (χ3v) is 6.18. The number of ether oxygens (including phenoxy) is 1. The van der Waals surface area contributed by atoms with Gasteiger partial charge in [0.1, 0.15) is 11.8 Å². The van der Waals surface area contributed by atoms with Gasteiger partial charge >= 0.3 is 5.97 Å². The Morgan fingerprint density at radius 1 is 1.33 bits per heavy atom. The fourth-order valence-corrected chi connectivity index (χ4v) is 4.53. The maximum atomic E-state index is 11.9. The first-order chi connectivity index (χ1) is 13.1. The molecule has 0 bridgehead atoms. The molecule has 0 radical (unpaired) electrons. The van der Waals surface area contributed by atoms with E-state index in [9.17, 15) is 4.79 Å². The van der Waals surface area contributed by atoms with E-state index in [-0.39, 0.29) is 5.97 Å². The summed E-state index contributed by atoms with van der Waals surface area (Å²) in [5.41, 5.74) is 8.13. The highest BCUT2D eigenvalue weighted by molar-refractivity contribution is 7.09. The maximum absolute atomic E-state index is 11.9. The molecule has 1 aliphatic carbocycles. The van der Waals surface area contributed by atoms with Crippen LogP contribution in [-0.2, 0) is 24.1 Å². The molecule has 146 valence electrons. The lowest BCUT2D eigenvalue weighted by Crippen LogP contribution is -2.41. The van der Waals surface area contributed by atoms with Crippen molar-refractivity contribution in [2.75, 3.05) is 13.1 Å². The van der Waals surface area contributed by atoms with Crippen LogP contribution in [0.4, 0.5) is 0 Å². The van der Waals surface area contributed by atoms with Crippen LogP contribution in [0.2, 0.25) is 0 Å². The summed E-state index contributed by atoms with van der Waals surface area (Å²) < 4.78 is 5.54. The zero-order valence-electron chi connectivity index (χ0n) is 16.3. The SMILES string of the molecule is CCCN(CCc1cccs1)[C@H]1CCc2c(cccc2OC(=O)C(C)N)C1. The Morgan fingerprint density at radius 2 is 2.19 bits per heavy atom. The zero-order chi connectivity index (χ0) is 19.2. The number of esters is 1. The van der Waals surface area contributed by atoms with E-state index < -0.39 is 6.04 Å². The van der Waals surface area contributed by atoms with Crippen LogP contribution >= 0.6 is 11.3 Å². The van der Waals surface area contributed by atoms with Gasteiger partial charge in [0.05, 0.1) is 0 Å². The molecular weight excluding hydrogens is 356 g/mol. The van der Waals surface area contributed by atoms with Gasteiger partial charge in [-0.2, -0.15) is 0 Å². The lowest BCUT2D eigenvalue weighted by Gasteiger charge is -2.35. The summed E-state index contributed by atoms with van der Waals surface area (Å²) >= 11 is 1.84. The van der Waals surface area contributed by atoms with E-state index in [1.165, 1.54) is 22.4 Å². The Kier molecular flexibility index (Phi) is 7.05. The van der Waals surface area contributed by atoms with Crippen molar-refractivity contribution in [1.82, 2.24) is 4.90 Å². The Balaban J connectivity index is 1.69. The van der Waals surface area contributed by atoms with Crippen LogP contribution in [0.1, 0.15) is 42.7 Å². The molecule has 0 aliphatic heterocycles. The Labute approximate surface area is 166 Å². The summed E-state index contributed by atoms with van der Waals surface area (Å²) in [5, 5.41) is 2.15. The van der Waals surface area contributed by atoms with Gasteiger partial charge in [-0.25, -0.2) is 4.79 Å². The van der Waals surface area contributed by atoms with E-state index in [2.05, 4.69) is 35.4 Å². The van der Waals surface area contributed by atoms with Crippen molar-refractivity contribution in [3.05, 3.63) is 51.7 Å². The van der Waals surface area contributed by atoms with E-state index in [0.717, 1.165) is 38.8 Å². The van der Waals surface area contributed by atoms with Crippen molar-refractivity contribution < 1.29 is 9.53 Å². The number of fused-ring (bicyclic) bond motifs is 1. The molecule has 0 saturated heterocycles. The molecule has 1 aromatic carbocycles. The van der Waals surface area contributed by atoms with Crippen LogP contribution < -0.4 is 10.5 Å². The summed E-state index contributed by atoms with van der Waals surface area (Å²) in [4.78, 5) is 16.0. The third kappa shape index (κ3) is 5.18. The summed E-state index contributed by atoms with van der Waals surface area (Å²) in [7, 11) is 0. The van der Waals surface area contributed by atoms with Gasteiger partial charge in [0.25, 0.3) is 0 Å². The van der Waals surface area contributed by atoms with Gasteiger partial charge in [-0.1, -0.05) is 25.1 Å². The molecule has 0 saturated carbocycles. The van der Waals surface area contributed by atoms with E-state index >= 15 is 0 Å². The number of carbonyl (C=O) groups is 1. The Hall–Kier alpha value is -1.69. The number of nitrogens with two attached hydrogens (primary N) is 1. The smallest absolute Gasteiger partial charge is 0.328 e. The molecule has 0 amide bonds. The lowest BCUT2D eigenvalue weighted by atomic mass is 9.86. The first-order valence-corrected chi connectivity index (χ1v) is 10.8. The molecule has 0 spiro atoms. The monoisotopic (exact) mass is 386 g/mol. The number of nitrogens with zero attached hydrogens (tertiary/aromatic N) is 1. The molecule has 0 fully saturated rings. The van der Waals surface area contributed by atoms with Crippen molar-refractivity contribution in [2.45, 2.75) is 58.0 Å². The molecule has 2 atom stereocenters. The highest BCUT2D eigenvalue weighted by Crippen LogP contribution is 2.32. The van der Waals surface area contributed by atoms with Crippen molar-refractivity contribution in [1.29, 1.82) is 0 Å². The van der Waals surface area contributed by atoms with Gasteiger partial charge in [0.2, 0.25) is 0 Å². The molecule has 1 unspecified atom stereocenters. The number of hydrogen-bond donors (Lipinski definition) is 1. The number of hydrogen-bond acceptors (Lipinski definition) is 5. The predicted molar refractivity (Wildman–Crippen MR) is 111 cm³/mol. The number of thiophene rings is 1. The van der Waals surface area contributed by atoms with E-state index in [1.807, 2.05) is 23.5 Å². The minimum atomic E-state index is -0.602. The summed E-state index contributed by atoms with van der Waals surface area (Å²) in [6.45, 7) is 6.14. The van der Waals surface area contributed by atoms with Gasteiger partial charge in [-0.15, -0.1) is 11.3 Å². The molecule has 1 heterocycles. The molecule has 1 aliphatic rings. The molecule has 5 heteroatoms. The van der Waals surface area contributed by atoms with Crippen LogP contribution in [0.15, 0.2) is 35.7 Å². The van der Waals surface area contributed by atoms with E-state index in [4.69, 9.17) is 10.5 Å². The van der Waals surface area contributed by atoms with Gasteiger partial charge in [-0.3, -0.25) is 4.90 Å². The second-order valence-electron chi connectivity index (χ2n) is 7.37. The summed E-state index contributed by atoms with van der Waals surface area (Å²) in [6, 6.07) is 10.4. The van der Waals surface area contributed by atoms with Crippen LogP contribution in [0.25, 0.3) is 0 Å². The first-order valence-electron chi connectivity index (χ1n) is 9.93. The fraction of sp³-hybridized carbons (Fsp3) is 0.500. The Bertz CT molecular complexity index is 743. The largest absolute Gasteiger partial charge is 0.425 e. The average molecular weight is 387 g/mol. The molecule has 2 aromatic rings. The molecule has 27 heavy (non-hydrogen) atoms. The van der Waals surface area contributed by atoms with Crippen LogP contribution in [-0.4, -0.2) is 36.0 Å². The molecule has 1 aromatic heterocycles. The van der Waals surface area contributed by atoms with Gasteiger partial charge in [-0.05, 0) is 74.2 Å². The van der Waals surface area contributed by atoms with E-state index in [0.29, 0.717) is 11.8 Å². The molecule has 4 nitrogen and oxygen atoms in total. The zero-order valence-corrected chi connectivity index (χ0v) is 17.1. The minimum absolute atomic E-state index is 0.367. The second kappa shape index (κ2) is 9.49. The standard InChI is InChI=1S/C22H30N2O2S/c1-3-12-24(13-11-19-7-5-14-27-19)18-9-10-20-17(15-18)6-4-8-21(20)26-22(25)16(2)23/h4-8,14,16,18H,3,9-13,15,23H2,1-2H3/t16?,18-/m0/s1. The quantitative estimate of drug-likeness (QED) is 0.554. The van der Waals surface area contributed by atoms with E-state index in [1.54, 1.807) is 6.92 Å². The minimum Gasteiger partial charge on any atom is -0.425 e. The normalized spacial score (nSPS) is 17.6. The second-order valence-corrected chi connectivity index (χ2v) is 8.40. The van der Waals surface area contributed by atoms with Crippen LogP contribution in [0.3, 0.4) is 0 Å². The molecule has 3 rings (SSSR count). The maximum Gasteiger partial charge on any atom is 0.328 e. The first kappa shape index (κ1) is 20.1. The van der Waals surface area contributed by atoms with Crippen LogP contribution in [0.5, 0.6) is 5.75 Å². The fourth-order valence-electron chi connectivity index (χ4n) is 3.83. The highest BCUT2D eigenvalue weighted by atomic mass is 32.1. The molecule has 2 N–H and O–H groups in total. The predicted octanol–water partition coefficient (Wildman–Crippen LogP) is 3.81. The van der Waals surface area contributed by atoms with Crippen molar-refractivity contribution in [3.8, 4) is 5.75 Å². The van der Waals surface area contributed by atoms with Crippen LogP contribution in [0, 0.1) is 0 Å². The average Bonchev–Trinajstić information content (AvgIpc) is 3.18. The third-order valence-electron chi connectivity index (χ3n) is 5.25. The lowest BCUT2D eigenvalue weighted by molar-refractivity contribution is -0.135. The van der Waals surface area contributed by atoms with Gasteiger partial charge in [0.15, 0.2) is 0 Å².